The molecule has 94 valence electrons. The van der Waals surface area contributed by atoms with Gasteiger partial charge in [-0.15, -0.1) is 0 Å². The van der Waals surface area contributed by atoms with Crippen molar-refractivity contribution >= 4 is 27.5 Å². The lowest BCUT2D eigenvalue weighted by molar-refractivity contribution is -0.0446. The molecule has 1 N–H and O–H groups in total. The van der Waals surface area contributed by atoms with Crippen LogP contribution in [0.2, 0.25) is 5.02 Å². The predicted molar refractivity (Wildman–Crippen MR) is 53.9 cm³/mol. The average Bonchev–Trinajstić information content (AvgIpc) is 2.15. The van der Waals surface area contributed by atoms with Crippen molar-refractivity contribution in [1.82, 2.24) is 4.72 Å². The van der Waals surface area contributed by atoms with Gasteiger partial charge in [-0.25, -0.2) is 4.72 Å². The van der Waals surface area contributed by atoms with E-state index < -0.39 is 21.4 Å². The summed E-state index contributed by atoms with van der Waals surface area (Å²) in [4.78, 5) is 11.3. The number of hydrogen-bond acceptors (Lipinski definition) is 3. The van der Waals surface area contributed by atoms with Gasteiger partial charge in [0.05, 0.1) is 10.6 Å². The van der Waals surface area contributed by atoms with E-state index in [1.807, 2.05) is 0 Å². The number of alkyl halides is 3. The van der Waals surface area contributed by atoms with Crippen molar-refractivity contribution in [2.45, 2.75) is 5.51 Å². The number of rotatable bonds is 2. The first-order valence-corrected chi connectivity index (χ1v) is 5.89. The van der Waals surface area contributed by atoms with Gasteiger partial charge >= 0.3 is 15.5 Å². The third kappa shape index (κ3) is 3.10. The lowest BCUT2D eigenvalue weighted by atomic mass is 10.2. The Bertz CT molecular complexity index is 541. The summed E-state index contributed by atoms with van der Waals surface area (Å²) in [6.45, 7) is 0. The van der Waals surface area contributed by atoms with Crippen molar-refractivity contribution < 1.29 is 26.4 Å². The van der Waals surface area contributed by atoms with E-state index >= 15 is 0 Å². The number of benzene rings is 1. The Morgan fingerprint density at radius 2 is 1.76 bits per heavy atom. The Morgan fingerprint density at radius 1 is 1.24 bits per heavy atom. The van der Waals surface area contributed by atoms with Crippen LogP contribution in [0.4, 0.5) is 13.2 Å². The molecule has 1 aromatic rings. The van der Waals surface area contributed by atoms with Gasteiger partial charge in [-0.1, -0.05) is 23.7 Å². The Morgan fingerprint density at radius 3 is 2.24 bits per heavy atom. The second kappa shape index (κ2) is 4.53. The van der Waals surface area contributed by atoms with Gasteiger partial charge in [-0.2, -0.15) is 21.6 Å². The molecule has 0 radical (unpaired) electrons. The van der Waals surface area contributed by atoms with Crippen molar-refractivity contribution in [1.29, 1.82) is 0 Å². The summed E-state index contributed by atoms with van der Waals surface area (Å²) >= 11 is 5.53. The second-order valence-electron chi connectivity index (χ2n) is 2.86. The lowest BCUT2D eigenvalue weighted by Gasteiger charge is -2.09. The first kappa shape index (κ1) is 13.8. The van der Waals surface area contributed by atoms with Crippen molar-refractivity contribution in [3.05, 3.63) is 34.9 Å². The summed E-state index contributed by atoms with van der Waals surface area (Å²) in [6.07, 6.45) is 0. The topological polar surface area (TPSA) is 63.2 Å². The van der Waals surface area contributed by atoms with E-state index in [2.05, 4.69) is 0 Å². The van der Waals surface area contributed by atoms with Gasteiger partial charge in [0.2, 0.25) is 0 Å². The van der Waals surface area contributed by atoms with Crippen LogP contribution in [0.1, 0.15) is 10.4 Å². The van der Waals surface area contributed by atoms with Gasteiger partial charge in [0, 0.05) is 0 Å². The highest BCUT2D eigenvalue weighted by molar-refractivity contribution is 7.90. The van der Waals surface area contributed by atoms with Crippen LogP contribution in [0, 0.1) is 0 Å². The molecule has 0 aliphatic carbocycles. The average molecular weight is 288 g/mol. The van der Waals surface area contributed by atoms with Gasteiger partial charge in [-0.3, -0.25) is 4.79 Å². The van der Waals surface area contributed by atoms with Crippen LogP contribution in [0.15, 0.2) is 24.3 Å². The van der Waals surface area contributed by atoms with E-state index in [4.69, 9.17) is 11.6 Å². The van der Waals surface area contributed by atoms with Crippen LogP contribution < -0.4 is 4.72 Å². The zero-order valence-electron chi connectivity index (χ0n) is 7.95. The highest BCUT2D eigenvalue weighted by Gasteiger charge is 2.47. The smallest absolute Gasteiger partial charge is 0.268 e. The van der Waals surface area contributed by atoms with Gasteiger partial charge in [0.25, 0.3) is 5.91 Å². The normalized spacial score (nSPS) is 12.2. The summed E-state index contributed by atoms with van der Waals surface area (Å²) in [6, 6.07) is 5.12. The first-order valence-electron chi connectivity index (χ1n) is 4.03. The van der Waals surface area contributed by atoms with Crippen LogP contribution >= 0.6 is 11.6 Å². The molecule has 0 heterocycles. The molecule has 0 unspecified atom stereocenters. The zero-order chi connectivity index (χ0) is 13.3. The molecule has 0 atom stereocenters. The van der Waals surface area contributed by atoms with Crippen LogP contribution in [0.5, 0.6) is 0 Å². The van der Waals surface area contributed by atoms with E-state index in [1.54, 1.807) is 0 Å². The van der Waals surface area contributed by atoms with E-state index in [0.29, 0.717) is 0 Å². The standard InChI is InChI=1S/C8H5ClF3NO3S/c9-6-4-2-1-3-5(6)7(14)13-17(15,16)8(10,11)12/h1-4H,(H,13,14). The summed E-state index contributed by atoms with van der Waals surface area (Å²) in [5, 5.41) is -0.151. The van der Waals surface area contributed by atoms with Crippen molar-refractivity contribution in [3.8, 4) is 0 Å². The van der Waals surface area contributed by atoms with Gasteiger partial charge in [0.1, 0.15) is 0 Å². The minimum Gasteiger partial charge on any atom is -0.268 e. The Kier molecular flexibility index (Phi) is 3.68. The highest BCUT2D eigenvalue weighted by atomic mass is 35.5. The lowest BCUT2D eigenvalue weighted by Crippen LogP contribution is -2.40. The fourth-order valence-corrected chi connectivity index (χ4v) is 1.57. The molecule has 0 fully saturated rings. The van der Waals surface area contributed by atoms with Crippen molar-refractivity contribution in [2.75, 3.05) is 0 Å². The highest BCUT2D eigenvalue weighted by Crippen LogP contribution is 2.22. The number of nitrogens with one attached hydrogen (secondary N) is 1. The van der Waals surface area contributed by atoms with Crippen molar-refractivity contribution in [3.63, 3.8) is 0 Å². The summed E-state index contributed by atoms with van der Waals surface area (Å²) in [5.41, 5.74) is -5.91. The van der Waals surface area contributed by atoms with Crippen LogP contribution in [-0.4, -0.2) is 19.8 Å². The summed E-state index contributed by atoms with van der Waals surface area (Å²) in [5.74, 6) is -1.44. The van der Waals surface area contributed by atoms with Gasteiger partial charge in [-0.05, 0) is 12.1 Å². The maximum Gasteiger partial charge on any atom is 0.516 e. The van der Waals surface area contributed by atoms with Crippen LogP contribution in [0.25, 0.3) is 0 Å². The van der Waals surface area contributed by atoms with E-state index in [1.165, 1.54) is 18.2 Å². The maximum atomic E-state index is 12.0. The SMILES string of the molecule is O=C(NS(=O)(=O)C(F)(F)F)c1ccccc1Cl. The molecule has 1 rings (SSSR count). The third-order valence-electron chi connectivity index (χ3n) is 1.65. The Labute approximate surface area is 99.4 Å². The fourth-order valence-electron chi connectivity index (χ4n) is 0.880. The number of halogens is 4. The first-order chi connectivity index (χ1) is 7.65. The largest absolute Gasteiger partial charge is 0.516 e. The van der Waals surface area contributed by atoms with Crippen LogP contribution in [0.3, 0.4) is 0 Å². The van der Waals surface area contributed by atoms with Crippen LogP contribution in [-0.2, 0) is 10.0 Å². The molecule has 0 aliphatic heterocycles. The maximum absolute atomic E-state index is 12.0. The van der Waals surface area contributed by atoms with Gasteiger partial charge < -0.3 is 0 Å². The number of sulfonamides is 1. The molecule has 0 spiro atoms. The molecule has 0 aliphatic rings. The number of hydrogen-bond donors (Lipinski definition) is 1. The second-order valence-corrected chi connectivity index (χ2v) is 4.94. The summed E-state index contributed by atoms with van der Waals surface area (Å²) < 4.78 is 58.1. The molecular weight excluding hydrogens is 283 g/mol. The van der Waals surface area contributed by atoms with E-state index in [0.717, 1.165) is 10.8 Å². The minimum atomic E-state index is -5.72. The quantitative estimate of drug-likeness (QED) is 0.904. The minimum absolute atomic E-state index is 0.151. The Hall–Kier alpha value is -1.28. The molecule has 4 nitrogen and oxygen atoms in total. The molecule has 1 aromatic carbocycles. The molecule has 0 saturated heterocycles. The molecule has 0 bridgehead atoms. The number of carbonyl (C=O) groups excluding carboxylic acids is 1. The molecule has 9 heteroatoms. The monoisotopic (exact) mass is 287 g/mol. The molecule has 0 saturated carbocycles. The number of carbonyl (C=O) groups is 1. The Balaban J connectivity index is 3.00. The van der Waals surface area contributed by atoms with E-state index in [9.17, 15) is 26.4 Å². The predicted octanol–water partition coefficient (Wildman–Crippen LogP) is 1.92. The molecular formula is C8H5ClF3NO3S. The molecule has 1 amide bonds. The zero-order valence-corrected chi connectivity index (χ0v) is 9.53. The van der Waals surface area contributed by atoms with E-state index in [-0.39, 0.29) is 10.6 Å². The fraction of sp³-hybridized carbons (Fsp3) is 0.125. The number of amides is 1. The summed E-state index contributed by atoms with van der Waals surface area (Å²) in [7, 11) is -5.72. The molecule has 17 heavy (non-hydrogen) atoms. The molecule has 0 aromatic heterocycles. The van der Waals surface area contributed by atoms with Gasteiger partial charge in [0.15, 0.2) is 0 Å². The third-order valence-corrected chi connectivity index (χ3v) is 3.04. The van der Waals surface area contributed by atoms with Crippen molar-refractivity contribution in [2.24, 2.45) is 0 Å².